The van der Waals surface area contributed by atoms with Gasteiger partial charge in [0.15, 0.2) is 0 Å². The van der Waals surface area contributed by atoms with Crippen LogP contribution in [-0.4, -0.2) is 4.57 Å². The molecule has 65 heavy (non-hydrogen) atoms. The van der Waals surface area contributed by atoms with Crippen molar-refractivity contribution in [2.24, 2.45) is 0 Å². The fraction of sp³-hybridized carbons (Fsp3) is 0.0159. The number of fused-ring (bicyclic) bond motifs is 16. The number of hydrogen-bond acceptors (Lipinski definition) is 1. The first-order valence-corrected chi connectivity index (χ1v) is 22.6. The molecule has 0 saturated carbocycles. The zero-order valence-electron chi connectivity index (χ0n) is 35.5. The number of rotatable bonds is 5. The maximum absolute atomic E-state index is 2.51. The smallest absolute Gasteiger partial charge is 0.0726 e. The Labute approximate surface area is 377 Å². The molecule has 1 spiro atoms. The van der Waals surface area contributed by atoms with Crippen molar-refractivity contribution in [3.63, 3.8) is 0 Å². The highest BCUT2D eigenvalue weighted by molar-refractivity contribution is 6.14. The van der Waals surface area contributed by atoms with E-state index < -0.39 is 5.41 Å². The summed E-state index contributed by atoms with van der Waals surface area (Å²) in [5, 5.41) is 7.53. The van der Waals surface area contributed by atoms with Crippen molar-refractivity contribution in [2.45, 2.75) is 5.41 Å². The Balaban J connectivity index is 1.04. The van der Waals surface area contributed by atoms with Gasteiger partial charge in [0, 0.05) is 33.4 Å². The Hall–Kier alpha value is -8.46. The summed E-state index contributed by atoms with van der Waals surface area (Å²) in [6, 6.07) is 90.1. The number of nitrogens with zero attached hydrogens (tertiary/aromatic N) is 2. The summed E-state index contributed by atoms with van der Waals surface area (Å²) >= 11 is 0. The van der Waals surface area contributed by atoms with Crippen molar-refractivity contribution >= 4 is 60.4 Å². The lowest BCUT2D eigenvalue weighted by molar-refractivity contribution is 0.794. The predicted octanol–water partition coefficient (Wildman–Crippen LogP) is 16.6. The van der Waals surface area contributed by atoms with Crippen molar-refractivity contribution in [1.82, 2.24) is 4.57 Å². The molecule has 0 aliphatic heterocycles. The molecule has 14 rings (SSSR count). The second-order valence-electron chi connectivity index (χ2n) is 17.5. The highest BCUT2D eigenvalue weighted by Crippen LogP contribution is 2.64. The summed E-state index contributed by atoms with van der Waals surface area (Å²) in [7, 11) is 0. The number of anilines is 3. The van der Waals surface area contributed by atoms with Crippen LogP contribution in [0.5, 0.6) is 0 Å². The van der Waals surface area contributed by atoms with E-state index in [4.69, 9.17) is 0 Å². The molecule has 0 unspecified atom stereocenters. The molecule has 2 aliphatic carbocycles. The van der Waals surface area contributed by atoms with Gasteiger partial charge < -0.3 is 9.47 Å². The zero-order valence-corrected chi connectivity index (χ0v) is 35.5. The average Bonchev–Trinajstić information content (AvgIpc) is 3.99. The lowest BCUT2D eigenvalue weighted by Gasteiger charge is -2.32. The SMILES string of the molecule is c1ccc(-n2c3ccccc3c3ccc(N(c4ccc(-c5cc6ccccc6c6ccccc56)cc4)c4cccc5c4-c4ccccc4C54c5ccccc5-c5ccccc54)cc32)cc1. The van der Waals surface area contributed by atoms with Gasteiger partial charge in [-0.2, -0.15) is 0 Å². The van der Waals surface area contributed by atoms with Crippen LogP contribution in [0.25, 0.3) is 82.4 Å². The van der Waals surface area contributed by atoms with Crippen molar-refractivity contribution in [3.8, 4) is 39.1 Å². The largest absolute Gasteiger partial charge is 0.310 e. The molecule has 2 heteroatoms. The van der Waals surface area contributed by atoms with Crippen LogP contribution < -0.4 is 4.90 Å². The lowest BCUT2D eigenvalue weighted by Crippen LogP contribution is -2.26. The number of hydrogen-bond donors (Lipinski definition) is 0. The Morgan fingerprint density at radius 2 is 0.877 bits per heavy atom. The molecule has 0 N–H and O–H groups in total. The van der Waals surface area contributed by atoms with Crippen LogP contribution >= 0.6 is 0 Å². The van der Waals surface area contributed by atoms with Crippen LogP contribution in [0.15, 0.2) is 243 Å². The second kappa shape index (κ2) is 13.8. The fourth-order valence-electron chi connectivity index (χ4n) is 11.8. The standard InChI is InChI=1S/C63H40N2/c1-2-18-43(19-3-1)65-59-31-15-11-25-51(59)52-38-37-45(40-61(52)65)64(44-35-33-41(34-36-44)54-39-42-17-4-5-20-46(42)47-21-6-7-22-48(47)54)60-32-16-30-58-62(60)53-26-10-14-29-57(53)63(58)55-27-12-8-23-49(55)50-24-9-13-28-56(50)63/h1-40H. The predicted molar refractivity (Wildman–Crippen MR) is 272 cm³/mol. The van der Waals surface area contributed by atoms with Gasteiger partial charge in [-0.3, -0.25) is 0 Å². The van der Waals surface area contributed by atoms with Gasteiger partial charge in [0.25, 0.3) is 0 Å². The highest BCUT2D eigenvalue weighted by atomic mass is 15.1. The normalized spacial score (nSPS) is 13.0. The van der Waals surface area contributed by atoms with Crippen molar-refractivity contribution in [3.05, 3.63) is 265 Å². The van der Waals surface area contributed by atoms with Crippen molar-refractivity contribution in [2.75, 3.05) is 4.90 Å². The molecular formula is C63H40N2. The number of benzene rings is 11. The van der Waals surface area contributed by atoms with E-state index in [0.717, 1.165) is 22.7 Å². The average molecular weight is 825 g/mol. The van der Waals surface area contributed by atoms with Crippen LogP contribution in [-0.2, 0) is 5.41 Å². The third-order valence-corrected chi connectivity index (χ3v) is 14.4. The van der Waals surface area contributed by atoms with E-state index in [-0.39, 0.29) is 0 Å². The maximum atomic E-state index is 2.51. The van der Waals surface area contributed by atoms with E-state index in [9.17, 15) is 0 Å². The first-order valence-electron chi connectivity index (χ1n) is 22.6. The maximum Gasteiger partial charge on any atom is 0.0726 e. The topological polar surface area (TPSA) is 8.17 Å². The summed E-state index contributed by atoms with van der Waals surface area (Å²) in [5.41, 5.74) is 19.3. The summed E-state index contributed by atoms with van der Waals surface area (Å²) in [6.07, 6.45) is 0. The lowest BCUT2D eigenvalue weighted by atomic mass is 9.70. The van der Waals surface area contributed by atoms with Gasteiger partial charge in [0.05, 0.1) is 22.1 Å². The molecule has 2 aliphatic rings. The molecule has 0 bridgehead atoms. The van der Waals surface area contributed by atoms with Gasteiger partial charge in [-0.25, -0.2) is 0 Å². The third-order valence-electron chi connectivity index (χ3n) is 14.4. The van der Waals surface area contributed by atoms with E-state index in [1.807, 2.05) is 0 Å². The van der Waals surface area contributed by atoms with Gasteiger partial charge in [-0.15, -0.1) is 0 Å². The summed E-state index contributed by atoms with van der Waals surface area (Å²) in [4.78, 5) is 2.51. The number of para-hydroxylation sites is 2. The second-order valence-corrected chi connectivity index (χ2v) is 17.5. The van der Waals surface area contributed by atoms with Crippen LogP contribution in [0.3, 0.4) is 0 Å². The Morgan fingerprint density at radius 3 is 1.63 bits per heavy atom. The summed E-state index contributed by atoms with van der Waals surface area (Å²) in [5.74, 6) is 0. The molecule has 0 saturated heterocycles. The van der Waals surface area contributed by atoms with Crippen LogP contribution in [0, 0.1) is 0 Å². The minimum atomic E-state index is -0.453. The van der Waals surface area contributed by atoms with Gasteiger partial charge in [0.2, 0.25) is 0 Å². The van der Waals surface area contributed by atoms with E-state index in [1.54, 1.807) is 0 Å². The van der Waals surface area contributed by atoms with Crippen molar-refractivity contribution in [1.29, 1.82) is 0 Å². The van der Waals surface area contributed by atoms with Gasteiger partial charge in [0.1, 0.15) is 0 Å². The van der Waals surface area contributed by atoms with Gasteiger partial charge >= 0.3 is 0 Å². The van der Waals surface area contributed by atoms with Crippen LogP contribution in [0.4, 0.5) is 17.1 Å². The van der Waals surface area contributed by atoms with E-state index in [1.165, 1.54) is 99.0 Å². The third kappa shape index (κ3) is 4.99. The van der Waals surface area contributed by atoms with Gasteiger partial charge in [-0.1, -0.05) is 188 Å². The zero-order chi connectivity index (χ0) is 42.6. The van der Waals surface area contributed by atoms with Crippen LogP contribution in [0.1, 0.15) is 22.3 Å². The number of aromatic nitrogens is 1. The Kier molecular flexibility index (Phi) is 7.64. The monoisotopic (exact) mass is 824 g/mol. The van der Waals surface area contributed by atoms with Gasteiger partial charge in [-0.05, 0) is 126 Å². The van der Waals surface area contributed by atoms with Crippen molar-refractivity contribution < 1.29 is 0 Å². The minimum absolute atomic E-state index is 0.453. The van der Waals surface area contributed by atoms with Crippen LogP contribution in [0.2, 0.25) is 0 Å². The molecule has 1 aromatic heterocycles. The molecule has 0 fully saturated rings. The quantitative estimate of drug-likeness (QED) is 0.157. The minimum Gasteiger partial charge on any atom is -0.310 e. The summed E-state index contributed by atoms with van der Waals surface area (Å²) in [6.45, 7) is 0. The molecule has 302 valence electrons. The van der Waals surface area contributed by atoms with E-state index in [2.05, 4.69) is 252 Å². The highest BCUT2D eigenvalue weighted by Gasteiger charge is 2.52. The Morgan fingerprint density at radius 1 is 0.323 bits per heavy atom. The molecule has 2 nitrogen and oxygen atoms in total. The molecule has 0 radical (unpaired) electrons. The molecule has 0 atom stereocenters. The molecule has 11 aromatic carbocycles. The van der Waals surface area contributed by atoms with E-state index in [0.29, 0.717) is 0 Å². The summed E-state index contributed by atoms with van der Waals surface area (Å²) < 4.78 is 2.42. The molecule has 1 heterocycles. The van der Waals surface area contributed by atoms with E-state index >= 15 is 0 Å². The Bertz CT molecular complexity index is 3850. The molecule has 0 amide bonds. The molecule has 12 aromatic rings. The first kappa shape index (κ1) is 36.1. The first-order chi connectivity index (χ1) is 32.3. The molecular weight excluding hydrogens is 785 g/mol. The fourth-order valence-corrected chi connectivity index (χ4v) is 11.8.